The van der Waals surface area contributed by atoms with Crippen LogP contribution in [0.3, 0.4) is 0 Å². The van der Waals surface area contributed by atoms with Crippen LogP contribution < -0.4 is 5.06 Å². The number of carbonyl (C=O) groups is 1. The van der Waals surface area contributed by atoms with E-state index in [0.29, 0.717) is 5.69 Å². The third-order valence-electron chi connectivity index (χ3n) is 2.82. The Labute approximate surface area is 106 Å². The average Bonchev–Trinajstić information content (AvgIpc) is 2.88. The molecule has 18 heavy (non-hydrogen) atoms. The summed E-state index contributed by atoms with van der Waals surface area (Å²) >= 11 is 0. The monoisotopic (exact) mass is 245 g/mol. The second kappa shape index (κ2) is 5.06. The molecule has 0 aliphatic heterocycles. The minimum atomic E-state index is -0.328. The van der Waals surface area contributed by atoms with Gasteiger partial charge in [0.15, 0.2) is 5.76 Å². The summed E-state index contributed by atoms with van der Waals surface area (Å²) in [6, 6.07) is 8.97. The molecule has 1 amide bonds. The van der Waals surface area contributed by atoms with Crippen LogP contribution in [0.15, 0.2) is 41.0 Å². The zero-order valence-electron chi connectivity index (χ0n) is 10.6. The fraction of sp³-hybridized carbons (Fsp3) is 0.214. The summed E-state index contributed by atoms with van der Waals surface area (Å²) in [6.07, 6.45) is 1.46. The van der Waals surface area contributed by atoms with Crippen molar-refractivity contribution in [3.8, 4) is 0 Å². The minimum absolute atomic E-state index is 0.245. The summed E-state index contributed by atoms with van der Waals surface area (Å²) in [4.78, 5) is 17.3. The molecule has 1 aromatic carbocycles. The molecule has 2 aromatic rings. The van der Waals surface area contributed by atoms with Gasteiger partial charge in [0.25, 0.3) is 0 Å². The van der Waals surface area contributed by atoms with Crippen LogP contribution in [0.25, 0.3) is 0 Å². The molecule has 0 saturated heterocycles. The Morgan fingerprint density at radius 1 is 1.22 bits per heavy atom. The molecular weight excluding hydrogens is 230 g/mol. The van der Waals surface area contributed by atoms with E-state index >= 15 is 0 Å². The van der Waals surface area contributed by atoms with Crippen molar-refractivity contribution >= 4 is 11.6 Å². The zero-order chi connectivity index (χ0) is 13.1. The largest absolute Gasteiger partial charge is 0.459 e. The van der Waals surface area contributed by atoms with E-state index in [1.807, 2.05) is 32.0 Å². The molecule has 1 heterocycles. The molecule has 0 radical (unpaired) electrons. The summed E-state index contributed by atoms with van der Waals surface area (Å²) in [5.74, 6) is -0.0826. The Morgan fingerprint density at radius 2 is 2.00 bits per heavy atom. The second-order valence-corrected chi connectivity index (χ2v) is 4.03. The summed E-state index contributed by atoms with van der Waals surface area (Å²) < 4.78 is 5.08. The van der Waals surface area contributed by atoms with Crippen molar-refractivity contribution in [2.75, 3.05) is 12.2 Å². The number of carbonyl (C=O) groups excluding carboxylic acids is 1. The fourth-order valence-electron chi connectivity index (χ4n) is 1.66. The maximum atomic E-state index is 12.1. The Bertz CT molecular complexity index is 546. The molecule has 0 aliphatic carbocycles. The topological polar surface area (TPSA) is 42.7 Å². The molecule has 0 bridgehead atoms. The molecule has 0 atom stereocenters. The molecule has 0 saturated carbocycles. The van der Waals surface area contributed by atoms with Gasteiger partial charge in [-0.2, -0.15) is 5.06 Å². The molecule has 0 fully saturated rings. The first-order chi connectivity index (χ1) is 8.63. The van der Waals surface area contributed by atoms with Gasteiger partial charge in [0.05, 0.1) is 19.1 Å². The number of rotatable bonds is 3. The number of benzene rings is 1. The van der Waals surface area contributed by atoms with Crippen molar-refractivity contribution in [2.45, 2.75) is 13.8 Å². The van der Waals surface area contributed by atoms with Gasteiger partial charge >= 0.3 is 5.91 Å². The van der Waals surface area contributed by atoms with Crippen molar-refractivity contribution in [2.24, 2.45) is 0 Å². The SMILES string of the molecule is CON(C(=O)c1ccco1)c1ccc(C)c(C)c1. The van der Waals surface area contributed by atoms with Crippen LogP contribution in [0, 0.1) is 13.8 Å². The number of furan rings is 1. The van der Waals surface area contributed by atoms with Crippen LogP contribution in [-0.4, -0.2) is 13.0 Å². The summed E-state index contributed by atoms with van der Waals surface area (Å²) in [7, 11) is 1.45. The molecule has 94 valence electrons. The van der Waals surface area contributed by atoms with Gasteiger partial charge in [-0.25, -0.2) is 0 Å². The maximum Gasteiger partial charge on any atom is 0.317 e. The zero-order valence-corrected chi connectivity index (χ0v) is 10.6. The fourth-order valence-corrected chi connectivity index (χ4v) is 1.66. The van der Waals surface area contributed by atoms with Crippen LogP contribution in [0.5, 0.6) is 0 Å². The smallest absolute Gasteiger partial charge is 0.317 e. The molecule has 0 spiro atoms. The highest BCUT2D eigenvalue weighted by molar-refractivity contribution is 6.02. The van der Waals surface area contributed by atoms with Crippen molar-refractivity contribution < 1.29 is 14.0 Å². The van der Waals surface area contributed by atoms with Gasteiger partial charge in [0, 0.05) is 0 Å². The van der Waals surface area contributed by atoms with Crippen LogP contribution in [0.1, 0.15) is 21.7 Å². The van der Waals surface area contributed by atoms with Gasteiger partial charge in [0.2, 0.25) is 0 Å². The van der Waals surface area contributed by atoms with E-state index < -0.39 is 0 Å². The number of amides is 1. The molecular formula is C14H15NO3. The van der Waals surface area contributed by atoms with Gasteiger partial charge in [-0.15, -0.1) is 0 Å². The second-order valence-electron chi connectivity index (χ2n) is 4.03. The van der Waals surface area contributed by atoms with Crippen LogP contribution in [0.4, 0.5) is 5.69 Å². The Morgan fingerprint density at radius 3 is 2.56 bits per heavy atom. The standard InChI is InChI=1S/C14H15NO3/c1-10-6-7-12(9-11(10)2)15(17-3)14(16)13-5-4-8-18-13/h4-9H,1-3H3. The number of nitrogens with zero attached hydrogens (tertiary/aromatic N) is 1. The first-order valence-electron chi connectivity index (χ1n) is 5.63. The first kappa shape index (κ1) is 12.4. The Balaban J connectivity index is 2.33. The number of aryl methyl sites for hydroxylation is 2. The summed E-state index contributed by atoms with van der Waals surface area (Å²) in [5, 5.41) is 1.21. The van der Waals surface area contributed by atoms with Gasteiger partial charge in [-0.1, -0.05) is 6.07 Å². The number of hydrogen-bond donors (Lipinski definition) is 0. The van der Waals surface area contributed by atoms with Gasteiger partial charge in [0.1, 0.15) is 0 Å². The number of hydrogen-bond acceptors (Lipinski definition) is 3. The molecule has 0 unspecified atom stereocenters. The molecule has 0 N–H and O–H groups in total. The third kappa shape index (κ3) is 2.28. The Kier molecular flexibility index (Phi) is 3.48. The van der Waals surface area contributed by atoms with E-state index in [-0.39, 0.29) is 11.7 Å². The quantitative estimate of drug-likeness (QED) is 0.780. The average molecular weight is 245 g/mol. The lowest BCUT2D eigenvalue weighted by Gasteiger charge is -2.19. The molecule has 1 aromatic heterocycles. The van der Waals surface area contributed by atoms with Gasteiger partial charge in [-0.3, -0.25) is 9.63 Å². The van der Waals surface area contributed by atoms with E-state index in [0.717, 1.165) is 5.56 Å². The lowest BCUT2D eigenvalue weighted by molar-refractivity contribution is 0.0745. The van der Waals surface area contributed by atoms with Gasteiger partial charge in [-0.05, 0) is 49.2 Å². The molecule has 0 aliphatic rings. The van der Waals surface area contributed by atoms with E-state index in [4.69, 9.17) is 9.25 Å². The van der Waals surface area contributed by atoms with Crippen molar-refractivity contribution in [1.82, 2.24) is 0 Å². The first-order valence-corrected chi connectivity index (χ1v) is 5.63. The highest BCUT2D eigenvalue weighted by Gasteiger charge is 2.20. The molecule has 4 heteroatoms. The van der Waals surface area contributed by atoms with Crippen molar-refractivity contribution in [3.05, 3.63) is 53.5 Å². The lowest BCUT2D eigenvalue weighted by atomic mass is 10.1. The molecule has 2 rings (SSSR count). The van der Waals surface area contributed by atoms with E-state index in [1.165, 1.54) is 24.0 Å². The normalized spacial score (nSPS) is 10.4. The van der Waals surface area contributed by atoms with E-state index in [2.05, 4.69) is 0 Å². The predicted octanol–water partition coefficient (Wildman–Crippen LogP) is 3.10. The highest BCUT2D eigenvalue weighted by atomic mass is 16.7. The number of hydroxylamine groups is 1. The van der Waals surface area contributed by atoms with Crippen LogP contribution in [0.2, 0.25) is 0 Å². The summed E-state index contributed by atoms with van der Waals surface area (Å²) in [6.45, 7) is 4.01. The summed E-state index contributed by atoms with van der Waals surface area (Å²) in [5.41, 5.74) is 2.95. The molecule has 4 nitrogen and oxygen atoms in total. The maximum absolute atomic E-state index is 12.1. The van der Waals surface area contributed by atoms with E-state index in [1.54, 1.807) is 12.1 Å². The van der Waals surface area contributed by atoms with Gasteiger partial charge < -0.3 is 4.42 Å². The number of anilines is 1. The third-order valence-corrected chi connectivity index (χ3v) is 2.82. The Hall–Kier alpha value is -2.07. The minimum Gasteiger partial charge on any atom is -0.459 e. The van der Waals surface area contributed by atoms with Crippen LogP contribution >= 0.6 is 0 Å². The van der Waals surface area contributed by atoms with Crippen LogP contribution in [-0.2, 0) is 4.84 Å². The highest BCUT2D eigenvalue weighted by Crippen LogP contribution is 2.21. The lowest BCUT2D eigenvalue weighted by Crippen LogP contribution is -2.29. The predicted molar refractivity (Wildman–Crippen MR) is 68.4 cm³/mol. The van der Waals surface area contributed by atoms with Crippen molar-refractivity contribution in [3.63, 3.8) is 0 Å². The van der Waals surface area contributed by atoms with Crippen molar-refractivity contribution in [1.29, 1.82) is 0 Å². The van der Waals surface area contributed by atoms with E-state index in [9.17, 15) is 4.79 Å².